The number of thioether (sulfide) groups is 1. The molecule has 0 aliphatic carbocycles. The quantitative estimate of drug-likeness (QED) is 0.588. The molecule has 1 heterocycles. The second-order valence-electron chi connectivity index (χ2n) is 3.27. The summed E-state index contributed by atoms with van der Waals surface area (Å²) in [7, 11) is 1.77. The van der Waals surface area contributed by atoms with Crippen LogP contribution in [-0.2, 0) is 0 Å². The van der Waals surface area contributed by atoms with Crippen molar-refractivity contribution in [1.29, 1.82) is 0 Å². The maximum absolute atomic E-state index is 11.9. The lowest BCUT2D eigenvalue weighted by atomic mass is 10.3. The van der Waals surface area contributed by atoms with Gasteiger partial charge in [0.2, 0.25) is 0 Å². The molecule has 0 atom stereocenters. The van der Waals surface area contributed by atoms with Gasteiger partial charge in [-0.25, -0.2) is 10.8 Å². The van der Waals surface area contributed by atoms with Crippen LogP contribution >= 0.6 is 11.8 Å². The number of hydrogen-bond donors (Lipinski definition) is 2. The molecule has 16 heavy (non-hydrogen) atoms. The van der Waals surface area contributed by atoms with Crippen molar-refractivity contribution in [3.05, 3.63) is 23.9 Å². The zero-order valence-corrected chi connectivity index (χ0v) is 10.3. The summed E-state index contributed by atoms with van der Waals surface area (Å²) in [5.41, 5.74) is 2.82. The van der Waals surface area contributed by atoms with E-state index in [1.807, 2.05) is 6.26 Å². The Labute approximate surface area is 99.4 Å². The Morgan fingerprint density at radius 1 is 1.62 bits per heavy atom. The first-order chi connectivity index (χ1) is 7.69. The molecule has 1 aromatic heterocycles. The Kier molecular flexibility index (Phi) is 5.07. The van der Waals surface area contributed by atoms with Gasteiger partial charge in [-0.05, 0) is 18.4 Å². The van der Waals surface area contributed by atoms with Crippen molar-refractivity contribution in [3.63, 3.8) is 0 Å². The molecular weight excluding hydrogens is 224 g/mol. The molecule has 0 unspecified atom stereocenters. The summed E-state index contributed by atoms with van der Waals surface area (Å²) in [5.74, 6) is 6.55. The minimum atomic E-state index is -0.0915. The van der Waals surface area contributed by atoms with E-state index in [2.05, 4.69) is 10.4 Å². The molecule has 0 aliphatic heterocycles. The van der Waals surface area contributed by atoms with Crippen LogP contribution < -0.4 is 11.3 Å². The van der Waals surface area contributed by atoms with Crippen molar-refractivity contribution >= 4 is 23.5 Å². The van der Waals surface area contributed by atoms with Crippen molar-refractivity contribution in [1.82, 2.24) is 9.88 Å². The van der Waals surface area contributed by atoms with E-state index in [4.69, 9.17) is 5.84 Å². The SMILES string of the molecule is CSCCN(C)C(=O)c1cccc(NN)n1. The largest absolute Gasteiger partial charge is 0.340 e. The average molecular weight is 240 g/mol. The van der Waals surface area contributed by atoms with E-state index < -0.39 is 0 Å². The Morgan fingerprint density at radius 2 is 2.38 bits per heavy atom. The summed E-state index contributed by atoms with van der Waals surface area (Å²) in [6, 6.07) is 5.13. The highest BCUT2D eigenvalue weighted by atomic mass is 32.2. The lowest BCUT2D eigenvalue weighted by Crippen LogP contribution is -2.29. The monoisotopic (exact) mass is 240 g/mol. The smallest absolute Gasteiger partial charge is 0.272 e. The molecule has 1 amide bonds. The molecule has 6 heteroatoms. The van der Waals surface area contributed by atoms with Crippen LogP contribution in [0.3, 0.4) is 0 Å². The van der Waals surface area contributed by atoms with E-state index >= 15 is 0 Å². The van der Waals surface area contributed by atoms with E-state index in [0.717, 1.165) is 5.75 Å². The summed E-state index contributed by atoms with van der Waals surface area (Å²) in [5, 5.41) is 0. The normalized spacial score (nSPS) is 9.94. The van der Waals surface area contributed by atoms with Crippen LogP contribution in [0, 0.1) is 0 Å². The molecule has 5 nitrogen and oxygen atoms in total. The zero-order valence-electron chi connectivity index (χ0n) is 9.43. The van der Waals surface area contributed by atoms with E-state index in [0.29, 0.717) is 18.1 Å². The average Bonchev–Trinajstić information content (AvgIpc) is 2.35. The number of nitrogens with zero attached hydrogens (tertiary/aromatic N) is 2. The molecule has 0 fully saturated rings. The standard InChI is InChI=1S/C10H16N4OS/c1-14(6-7-16-2)10(15)8-4-3-5-9(12-8)13-11/h3-5H,6-7,11H2,1-2H3,(H,12,13). The predicted octanol–water partition coefficient (Wildman–Crippen LogP) is 0.802. The van der Waals surface area contributed by atoms with E-state index in [1.165, 1.54) is 0 Å². The summed E-state index contributed by atoms with van der Waals surface area (Å²) in [4.78, 5) is 17.6. The van der Waals surface area contributed by atoms with Gasteiger partial charge in [0.25, 0.3) is 5.91 Å². The van der Waals surface area contributed by atoms with Gasteiger partial charge in [0.1, 0.15) is 11.5 Å². The number of nitrogens with one attached hydrogen (secondary N) is 1. The molecule has 0 saturated heterocycles. The molecule has 0 aromatic carbocycles. The Bertz CT molecular complexity index is 358. The Morgan fingerprint density at radius 3 is 3.00 bits per heavy atom. The summed E-state index contributed by atoms with van der Waals surface area (Å²) in [6.45, 7) is 0.710. The van der Waals surface area contributed by atoms with E-state index in [9.17, 15) is 4.79 Å². The summed E-state index contributed by atoms with van der Waals surface area (Å²) >= 11 is 1.70. The first-order valence-electron chi connectivity index (χ1n) is 4.87. The van der Waals surface area contributed by atoms with Crippen molar-refractivity contribution in [2.75, 3.05) is 31.0 Å². The van der Waals surface area contributed by atoms with Gasteiger partial charge in [-0.1, -0.05) is 6.07 Å². The van der Waals surface area contributed by atoms with Gasteiger partial charge in [-0.15, -0.1) is 0 Å². The van der Waals surface area contributed by atoms with Crippen LogP contribution in [0.2, 0.25) is 0 Å². The van der Waals surface area contributed by atoms with Gasteiger partial charge < -0.3 is 10.3 Å². The van der Waals surface area contributed by atoms with Crippen LogP contribution in [0.25, 0.3) is 0 Å². The Hall–Kier alpha value is -1.27. The molecular formula is C10H16N4OS. The second-order valence-corrected chi connectivity index (χ2v) is 4.26. The number of nitrogens with two attached hydrogens (primary N) is 1. The number of amides is 1. The fraction of sp³-hybridized carbons (Fsp3) is 0.400. The molecule has 88 valence electrons. The van der Waals surface area contributed by atoms with Gasteiger partial charge in [0.15, 0.2) is 0 Å². The van der Waals surface area contributed by atoms with Crippen molar-refractivity contribution < 1.29 is 4.79 Å². The van der Waals surface area contributed by atoms with Crippen molar-refractivity contribution in [2.45, 2.75) is 0 Å². The number of rotatable bonds is 5. The van der Waals surface area contributed by atoms with Gasteiger partial charge in [0.05, 0.1) is 0 Å². The van der Waals surface area contributed by atoms with Crippen molar-refractivity contribution in [3.8, 4) is 0 Å². The first-order valence-corrected chi connectivity index (χ1v) is 6.26. The number of hydrogen-bond acceptors (Lipinski definition) is 5. The minimum absolute atomic E-state index is 0.0915. The highest BCUT2D eigenvalue weighted by Crippen LogP contribution is 2.06. The number of aromatic nitrogens is 1. The minimum Gasteiger partial charge on any atom is -0.340 e. The number of hydrazine groups is 1. The maximum Gasteiger partial charge on any atom is 0.272 e. The highest BCUT2D eigenvalue weighted by Gasteiger charge is 2.12. The molecule has 0 saturated carbocycles. The first kappa shape index (κ1) is 12.8. The van der Waals surface area contributed by atoms with Gasteiger partial charge >= 0.3 is 0 Å². The van der Waals surface area contributed by atoms with Crippen LogP contribution in [-0.4, -0.2) is 41.4 Å². The van der Waals surface area contributed by atoms with Crippen LogP contribution in [0.4, 0.5) is 5.82 Å². The highest BCUT2D eigenvalue weighted by molar-refractivity contribution is 7.98. The van der Waals surface area contributed by atoms with Crippen molar-refractivity contribution in [2.24, 2.45) is 5.84 Å². The summed E-state index contributed by atoms with van der Waals surface area (Å²) < 4.78 is 0. The second kappa shape index (κ2) is 6.34. The number of carbonyl (C=O) groups is 1. The zero-order chi connectivity index (χ0) is 12.0. The van der Waals surface area contributed by atoms with E-state index in [1.54, 1.807) is 41.9 Å². The fourth-order valence-electron chi connectivity index (χ4n) is 1.16. The Balaban J connectivity index is 2.71. The third kappa shape index (κ3) is 3.39. The van der Waals surface area contributed by atoms with E-state index in [-0.39, 0.29) is 5.91 Å². The lowest BCUT2D eigenvalue weighted by molar-refractivity contribution is 0.0798. The molecule has 0 spiro atoms. The fourth-order valence-corrected chi connectivity index (χ4v) is 1.62. The van der Waals surface area contributed by atoms with Crippen LogP contribution in [0.5, 0.6) is 0 Å². The van der Waals surface area contributed by atoms with Gasteiger partial charge in [-0.2, -0.15) is 11.8 Å². The summed E-state index contributed by atoms with van der Waals surface area (Å²) in [6.07, 6.45) is 2.01. The van der Waals surface area contributed by atoms with Crippen LogP contribution in [0.15, 0.2) is 18.2 Å². The van der Waals surface area contributed by atoms with Gasteiger partial charge in [0, 0.05) is 19.3 Å². The van der Waals surface area contributed by atoms with Crippen LogP contribution in [0.1, 0.15) is 10.5 Å². The molecule has 3 N–H and O–H groups in total. The number of pyridine rings is 1. The number of carbonyl (C=O) groups excluding carboxylic acids is 1. The molecule has 0 radical (unpaired) electrons. The third-order valence-corrected chi connectivity index (χ3v) is 2.68. The third-order valence-electron chi connectivity index (χ3n) is 2.09. The number of nitrogen functional groups attached to an aromatic ring is 1. The molecule has 0 bridgehead atoms. The number of anilines is 1. The molecule has 1 rings (SSSR count). The predicted molar refractivity (Wildman–Crippen MR) is 67.4 cm³/mol. The maximum atomic E-state index is 11.9. The molecule has 0 aliphatic rings. The molecule has 1 aromatic rings. The topological polar surface area (TPSA) is 71.2 Å². The van der Waals surface area contributed by atoms with Gasteiger partial charge in [-0.3, -0.25) is 4.79 Å². The lowest BCUT2D eigenvalue weighted by Gasteiger charge is -2.16.